The molecule has 90 valence electrons. The smallest absolute Gasteiger partial charge is 0.0478 e. The normalized spacial score (nSPS) is 21.2. The minimum atomic E-state index is 0.439. The van der Waals surface area contributed by atoms with E-state index in [0.29, 0.717) is 11.5 Å². The maximum Gasteiger partial charge on any atom is 0.0478 e. The molecule has 0 radical (unpaired) electrons. The molecule has 0 spiro atoms. The summed E-state index contributed by atoms with van der Waals surface area (Å²) in [7, 11) is 2.09. The Morgan fingerprint density at radius 3 is 2.50 bits per heavy atom. The van der Waals surface area contributed by atoms with Crippen LogP contribution in [0.5, 0.6) is 0 Å². The van der Waals surface area contributed by atoms with Crippen molar-refractivity contribution < 1.29 is 0 Å². The third-order valence-corrected chi connectivity index (χ3v) is 5.86. The predicted molar refractivity (Wildman–Crippen MR) is 75.1 cm³/mol. The first-order chi connectivity index (χ1) is 7.57. The van der Waals surface area contributed by atoms with E-state index in [2.05, 4.69) is 48.2 Å². The summed E-state index contributed by atoms with van der Waals surface area (Å²) >= 11 is 5.62. The summed E-state index contributed by atoms with van der Waals surface area (Å²) in [6.07, 6.45) is 5.47. The van der Waals surface area contributed by atoms with Crippen molar-refractivity contribution in [2.24, 2.45) is 5.41 Å². The van der Waals surface area contributed by atoms with Crippen LogP contribution in [0.15, 0.2) is 10.5 Å². The minimum absolute atomic E-state index is 0.439. The van der Waals surface area contributed by atoms with Crippen molar-refractivity contribution in [3.63, 3.8) is 0 Å². The van der Waals surface area contributed by atoms with Gasteiger partial charge in [0.1, 0.15) is 0 Å². The van der Waals surface area contributed by atoms with Crippen LogP contribution in [0.25, 0.3) is 0 Å². The number of aryl methyl sites for hydroxylation is 1. The van der Waals surface area contributed by atoms with E-state index in [1.165, 1.54) is 39.9 Å². The molecule has 1 N–H and O–H groups in total. The van der Waals surface area contributed by atoms with Gasteiger partial charge in [-0.15, -0.1) is 11.3 Å². The minimum Gasteiger partial charge on any atom is -0.312 e. The zero-order chi connectivity index (χ0) is 11.8. The van der Waals surface area contributed by atoms with Crippen LogP contribution in [-0.2, 0) is 0 Å². The molecule has 0 aliphatic heterocycles. The van der Waals surface area contributed by atoms with Gasteiger partial charge >= 0.3 is 0 Å². The summed E-state index contributed by atoms with van der Waals surface area (Å²) in [5.41, 5.74) is 0.439. The van der Waals surface area contributed by atoms with Crippen LogP contribution in [-0.4, -0.2) is 7.05 Å². The van der Waals surface area contributed by atoms with Gasteiger partial charge in [0.25, 0.3) is 0 Å². The Labute approximate surface area is 111 Å². The summed E-state index contributed by atoms with van der Waals surface area (Å²) in [6.45, 7) is 4.62. The van der Waals surface area contributed by atoms with E-state index in [9.17, 15) is 0 Å². The Balaban J connectivity index is 2.32. The third-order valence-electron chi connectivity index (χ3n) is 3.83. The summed E-state index contributed by atoms with van der Waals surface area (Å²) in [4.78, 5) is 2.87. The Morgan fingerprint density at radius 1 is 1.44 bits per heavy atom. The van der Waals surface area contributed by atoms with Crippen LogP contribution in [0, 0.1) is 12.3 Å². The van der Waals surface area contributed by atoms with Crippen molar-refractivity contribution in [1.29, 1.82) is 0 Å². The highest BCUT2D eigenvalue weighted by atomic mass is 79.9. The molecule has 1 saturated carbocycles. The fraction of sp³-hybridized carbons (Fsp3) is 0.692. The first kappa shape index (κ1) is 12.6. The first-order valence-electron chi connectivity index (χ1n) is 6.00. The van der Waals surface area contributed by atoms with Gasteiger partial charge in [-0.05, 0) is 54.2 Å². The van der Waals surface area contributed by atoms with Gasteiger partial charge in [0.05, 0.1) is 0 Å². The van der Waals surface area contributed by atoms with Crippen molar-refractivity contribution in [3.8, 4) is 0 Å². The molecular weight excluding hydrogens is 282 g/mol. The van der Waals surface area contributed by atoms with E-state index in [0.717, 1.165) is 0 Å². The van der Waals surface area contributed by atoms with Crippen LogP contribution in [0.4, 0.5) is 0 Å². The lowest BCUT2D eigenvalue weighted by Gasteiger charge is -2.33. The number of hydrogen-bond donors (Lipinski definition) is 1. The molecule has 1 nitrogen and oxygen atoms in total. The molecular formula is C13H20BrNS. The maximum atomic E-state index is 3.70. The van der Waals surface area contributed by atoms with Crippen LogP contribution >= 0.6 is 27.3 Å². The molecule has 2 rings (SSSR count). The highest BCUT2D eigenvalue weighted by Crippen LogP contribution is 2.50. The topological polar surface area (TPSA) is 12.0 Å². The van der Waals surface area contributed by atoms with Crippen molar-refractivity contribution in [3.05, 3.63) is 20.3 Å². The van der Waals surface area contributed by atoms with Crippen molar-refractivity contribution in [1.82, 2.24) is 5.32 Å². The number of halogens is 1. The van der Waals surface area contributed by atoms with Gasteiger partial charge in [0, 0.05) is 20.3 Å². The predicted octanol–water partition coefficient (Wildman–Crippen LogP) is 4.66. The lowest BCUT2D eigenvalue weighted by molar-refractivity contribution is 0.236. The van der Waals surface area contributed by atoms with Crippen molar-refractivity contribution in [2.45, 2.75) is 45.6 Å². The van der Waals surface area contributed by atoms with Crippen LogP contribution < -0.4 is 5.32 Å². The van der Waals surface area contributed by atoms with Crippen molar-refractivity contribution >= 4 is 27.3 Å². The molecule has 0 aromatic carbocycles. The van der Waals surface area contributed by atoms with E-state index in [4.69, 9.17) is 0 Å². The number of nitrogens with one attached hydrogen (secondary N) is 1. The van der Waals surface area contributed by atoms with Gasteiger partial charge in [-0.3, -0.25) is 0 Å². The van der Waals surface area contributed by atoms with Gasteiger partial charge in [-0.2, -0.15) is 0 Å². The van der Waals surface area contributed by atoms with E-state index >= 15 is 0 Å². The second-order valence-corrected chi connectivity index (χ2v) is 7.29. The van der Waals surface area contributed by atoms with Crippen LogP contribution in [0.3, 0.4) is 0 Å². The van der Waals surface area contributed by atoms with E-state index < -0.39 is 0 Å². The van der Waals surface area contributed by atoms with Gasteiger partial charge in [0.15, 0.2) is 0 Å². The van der Waals surface area contributed by atoms with Gasteiger partial charge in [-0.1, -0.05) is 19.8 Å². The highest BCUT2D eigenvalue weighted by molar-refractivity contribution is 9.10. The Kier molecular flexibility index (Phi) is 3.77. The summed E-state index contributed by atoms with van der Waals surface area (Å²) in [5.74, 6) is 0. The van der Waals surface area contributed by atoms with Crippen LogP contribution in [0.2, 0.25) is 0 Å². The molecule has 16 heavy (non-hydrogen) atoms. The molecule has 1 aromatic rings. The number of hydrogen-bond acceptors (Lipinski definition) is 2. The standard InChI is InChI=1S/C13H20BrNS/c1-9-8-10(14)11(16-9)12(15-3)13(2)6-4-5-7-13/h8,12,15H,4-7H2,1-3H3. The lowest BCUT2D eigenvalue weighted by Crippen LogP contribution is -2.31. The summed E-state index contributed by atoms with van der Waals surface area (Å²) in [6, 6.07) is 2.74. The zero-order valence-electron chi connectivity index (χ0n) is 10.3. The molecule has 0 amide bonds. The third kappa shape index (κ3) is 2.22. The van der Waals surface area contributed by atoms with Crippen LogP contribution in [0.1, 0.15) is 48.4 Å². The van der Waals surface area contributed by atoms with Gasteiger partial charge in [0.2, 0.25) is 0 Å². The van der Waals surface area contributed by atoms with Crippen molar-refractivity contribution in [2.75, 3.05) is 7.05 Å². The Morgan fingerprint density at radius 2 is 2.06 bits per heavy atom. The molecule has 0 bridgehead atoms. The quantitative estimate of drug-likeness (QED) is 0.856. The number of thiophene rings is 1. The molecule has 1 heterocycles. The summed E-state index contributed by atoms with van der Waals surface area (Å²) in [5, 5.41) is 3.54. The second kappa shape index (κ2) is 4.79. The van der Waals surface area contributed by atoms with E-state index in [1.807, 2.05) is 11.3 Å². The van der Waals surface area contributed by atoms with Gasteiger partial charge in [-0.25, -0.2) is 0 Å². The fourth-order valence-electron chi connectivity index (χ4n) is 2.97. The average Bonchev–Trinajstić information content (AvgIpc) is 2.76. The van der Waals surface area contributed by atoms with Gasteiger partial charge < -0.3 is 5.32 Å². The Bertz CT molecular complexity index is 366. The molecule has 3 heteroatoms. The molecule has 1 unspecified atom stereocenters. The Hall–Kier alpha value is 0.140. The molecule has 1 aliphatic carbocycles. The molecule has 0 saturated heterocycles. The summed E-state index contributed by atoms with van der Waals surface area (Å²) < 4.78 is 1.28. The zero-order valence-corrected chi connectivity index (χ0v) is 12.7. The molecule has 1 aromatic heterocycles. The average molecular weight is 302 g/mol. The molecule has 1 atom stereocenters. The molecule has 1 fully saturated rings. The lowest BCUT2D eigenvalue weighted by atomic mass is 9.80. The highest BCUT2D eigenvalue weighted by Gasteiger charge is 2.38. The fourth-order valence-corrected chi connectivity index (χ4v) is 5.13. The maximum absolute atomic E-state index is 3.70. The number of rotatable bonds is 3. The SMILES string of the molecule is CNC(c1sc(C)cc1Br)C1(C)CCCC1. The van der Waals surface area contributed by atoms with E-state index in [-0.39, 0.29) is 0 Å². The second-order valence-electron chi connectivity index (χ2n) is 5.15. The first-order valence-corrected chi connectivity index (χ1v) is 7.61. The monoisotopic (exact) mass is 301 g/mol. The van der Waals surface area contributed by atoms with E-state index in [1.54, 1.807) is 0 Å². The largest absolute Gasteiger partial charge is 0.312 e. The molecule has 1 aliphatic rings.